The zero-order valence-corrected chi connectivity index (χ0v) is 14.2. The van der Waals surface area contributed by atoms with Gasteiger partial charge in [0, 0.05) is 31.7 Å². The predicted octanol–water partition coefficient (Wildman–Crippen LogP) is 1.92. The van der Waals surface area contributed by atoms with Gasteiger partial charge < -0.3 is 15.4 Å². The highest BCUT2D eigenvalue weighted by molar-refractivity contribution is 5.73. The highest BCUT2D eigenvalue weighted by Crippen LogP contribution is 2.15. The number of morpholine rings is 1. The lowest BCUT2D eigenvalue weighted by Gasteiger charge is -2.40. The smallest absolute Gasteiger partial charge is 0.314 e. The van der Waals surface area contributed by atoms with E-state index in [1.165, 1.54) is 12.1 Å². The van der Waals surface area contributed by atoms with E-state index in [-0.39, 0.29) is 30.1 Å². The van der Waals surface area contributed by atoms with Gasteiger partial charge in [0.15, 0.2) is 11.6 Å². The van der Waals surface area contributed by atoms with Gasteiger partial charge in [-0.3, -0.25) is 4.90 Å². The largest absolute Gasteiger partial charge is 0.379 e. The van der Waals surface area contributed by atoms with Crippen molar-refractivity contribution in [1.29, 1.82) is 0 Å². The fraction of sp³-hybridized carbons (Fsp3) is 0.588. The number of hydrogen-bond donors (Lipinski definition) is 2. The van der Waals surface area contributed by atoms with E-state index in [0.29, 0.717) is 19.8 Å². The summed E-state index contributed by atoms with van der Waals surface area (Å²) in [5, 5.41) is 5.50. The first kappa shape index (κ1) is 18.6. The van der Waals surface area contributed by atoms with Crippen LogP contribution in [0.5, 0.6) is 0 Å². The minimum Gasteiger partial charge on any atom is -0.379 e. The fourth-order valence-electron chi connectivity index (χ4n) is 2.69. The van der Waals surface area contributed by atoms with Crippen molar-refractivity contribution in [2.24, 2.45) is 0 Å². The Morgan fingerprint density at radius 1 is 1.25 bits per heavy atom. The van der Waals surface area contributed by atoms with Crippen molar-refractivity contribution in [3.8, 4) is 0 Å². The molecular formula is C17H25F2N3O2. The Labute approximate surface area is 141 Å². The molecule has 1 aromatic rings. The van der Waals surface area contributed by atoms with Crippen molar-refractivity contribution in [3.05, 3.63) is 35.4 Å². The molecule has 0 spiro atoms. The summed E-state index contributed by atoms with van der Waals surface area (Å²) in [6.07, 6.45) is 0.240. The quantitative estimate of drug-likeness (QED) is 0.831. The summed E-state index contributed by atoms with van der Waals surface area (Å²) < 4.78 is 32.0. The molecule has 0 unspecified atom stereocenters. The molecule has 7 heteroatoms. The number of urea groups is 1. The third kappa shape index (κ3) is 5.14. The molecule has 0 aliphatic carbocycles. The van der Waals surface area contributed by atoms with E-state index in [0.717, 1.165) is 19.2 Å². The van der Waals surface area contributed by atoms with Crippen molar-refractivity contribution in [1.82, 2.24) is 15.5 Å². The van der Waals surface area contributed by atoms with Gasteiger partial charge in [0.05, 0.1) is 13.2 Å². The van der Waals surface area contributed by atoms with Gasteiger partial charge in [-0.1, -0.05) is 12.1 Å². The van der Waals surface area contributed by atoms with Gasteiger partial charge in [0.25, 0.3) is 0 Å². The lowest BCUT2D eigenvalue weighted by atomic mass is 10.0. The summed E-state index contributed by atoms with van der Waals surface area (Å²) in [6.45, 7) is 7.97. The molecule has 0 bridgehead atoms. The Morgan fingerprint density at radius 3 is 2.67 bits per heavy atom. The molecule has 1 heterocycles. The molecule has 2 amide bonds. The molecule has 1 aliphatic rings. The molecule has 0 saturated carbocycles. The Kier molecular flexibility index (Phi) is 6.51. The first-order valence-electron chi connectivity index (χ1n) is 8.17. The van der Waals surface area contributed by atoms with Crippen molar-refractivity contribution in [3.63, 3.8) is 0 Å². The Balaban J connectivity index is 1.72. The fourth-order valence-corrected chi connectivity index (χ4v) is 2.69. The van der Waals surface area contributed by atoms with Crippen LogP contribution in [0, 0.1) is 11.6 Å². The van der Waals surface area contributed by atoms with E-state index < -0.39 is 11.6 Å². The second-order valence-corrected chi connectivity index (χ2v) is 6.48. The summed E-state index contributed by atoms with van der Waals surface area (Å²) in [6, 6.07) is 3.73. The van der Waals surface area contributed by atoms with Gasteiger partial charge in [-0.2, -0.15) is 0 Å². The first-order valence-corrected chi connectivity index (χ1v) is 8.17. The zero-order valence-electron chi connectivity index (χ0n) is 14.2. The average molecular weight is 341 g/mol. The van der Waals surface area contributed by atoms with E-state index in [4.69, 9.17) is 4.74 Å². The van der Waals surface area contributed by atoms with Gasteiger partial charge in [0.2, 0.25) is 0 Å². The van der Waals surface area contributed by atoms with E-state index in [2.05, 4.69) is 29.4 Å². The maximum atomic E-state index is 13.5. The van der Waals surface area contributed by atoms with E-state index in [1.54, 1.807) is 0 Å². The van der Waals surface area contributed by atoms with Crippen molar-refractivity contribution >= 4 is 6.03 Å². The molecule has 1 fully saturated rings. The van der Waals surface area contributed by atoms with E-state index in [9.17, 15) is 13.6 Å². The number of carbonyl (C=O) groups excluding carboxylic acids is 1. The van der Waals surface area contributed by atoms with Crippen molar-refractivity contribution < 1.29 is 18.3 Å². The van der Waals surface area contributed by atoms with Gasteiger partial charge >= 0.3 is 6.03 Å². The average Bonchev–Trinajstić information content (AvgIpc) is 2.58. The molecule has 5 nitrogen and oxygen atoms in total. The molecule has 24 heavy (non-hydrogen) atoms. The SMILES string of the molecule is CC(C)(CNC(=O)NCCc1cccc(F)c1F)N1CCOCC1. The molecule has 0 aromatic heterocycles. The molecule has 0 radical (unpaired) electrons. The second kappa shape index (κ2) is 8.39. The topological polar surface area (TPSA) is 53.6 Å². The number of benzene rings is 1. The van der Waals surface area contributed by atoms with E-state index >= 15 is 0 Å². The first-order chi connectivity index (χ1) is 11.4. The van der Waals surface area contributed by atoms with Crippen molar-refractivity contribution in [2.75, 3.05) is 39.4 Å². The molecule has 134 valence electrons. The number of nitrogens with one attached hydrogen (secondary N) is 2. The van der Waals surface area contributed by atoms with Crippen LogP contribution >= 0.6 is 0 Å². The number of hydrogen-bond acceptors (Lipinski definition) is 3. The monoisotopic (exact) mass is 341 g/mol. The minimum absolute atomic E-state index is 0.171. The Hall–Kier alpha value is -1.73. The summed E-state index contributed by atoms with van der Waals surface area (Å²) in [7, 11) is 0. The lowest BCUT2D eigenvalue weighted by molar-refractivity contribution is -0.00874. The number of nitrogens with zero attached hydrogens (tertiary/aromatic N) is 1. The minimum atomic E-state index is -0.871. The summed E-state index contributed by atoms with van der Waals surface area (Å²) in [4.78, 5) is 14.2. The van der Waals surface area contributed by atoms with Crippen LogP contribution in [0.2, 0.25) is 0 Å². The molecular weight excluding hydrogens is 316 g/mol. The number of carbonyl (C=O) groups is 1. The maximum Gasteiger partial charge on any atom is 0.314 e. The lowest BCUT2D eigenvalue weighted by Crippen LogP contribution is -2.56. The van der Waals surface area contributed by atoms with Crippen LogP contribution in [0.3, 0.4) is 0 Å². The molecule has 2 rings (SSSR count). The Bertz CT molecular complexity index is 561. The molecule has 1 aromatic carbocycles. The van der Waals surface area contributed by atoms with Crippen LogP contribution in [0.25, 0.3) is 0 Å². The van der Waals surface area contributed by atoms with Crippen LogP contribution in [-0.4, -0.2) is 55.9 Å². The second-order valence-electron chi connectivity index (χ2n) is 6.48. The zero-order chi connectivity index (χ0) is 17.6. The van der Waals surface area contributed by atoms with Crippen molar-refractivity contribution in [2.45, 2.75) is 25.8 Å². The van der Waals surface area contributed by atoms with Gasteiger partial charge in [-0.05, 0) is 31.9 Å². The number of amides is 2. The normalized spacial score (nSPS) is 16.0. The molecule has 2 N–H and O–H groups in total. The highest BCUT2D eigenvalue weighted by atomic mass is 19.2. The summed E-state index contributed by atoms with van der Waals surface area (Å²) in [5.74, 6) is -1.72. The Morgan fingerprint density at radius 2 is 1.96 bits per heavy atom. The molecule has 0 atom stereocenters. The predicted molar refractivity (Wildman–Crippen MR) is 87.9 cm³/mol. The highest BCUT2D eigenvalue weighted by Gasteiger charge is 2.28. The number of halogens is 2. The summed E-state index contributed by atoms with van der Waals surface area (Å²) in [5.41, 5.74) is 0.0828. The van der Waals surface area contributed by atoms with Gasteiger partial charge in [-0.25, -0.2) is 13.6 Å². The van der Waals surface area contributed by atoms with Crippen LogP contribution in [-0.2, 0) is 11.2 Å². The number of ether oxygens (including phenoxy) is 1. The summed E-state index contributed by atoms with van der Waals surface area (Å²) >= 11 is 0. The van der Waals surface area contributed by atoms with Crippen LogP contribution in [0.4, 0.5) is 13.6 Å². The molecule has 1 aliphatic heterocycles. The van der Waals surface area contributed by atoms with E-state index in [1.807, 2.05) is 0 Å². The third-order valence-corrected chi connectivity index (χ3v) is 4.26. The third-order valence-electron chi connectivity index (χ3n) is 4.26. The van der Waals surface area contributed by atoms with Crippen LogP contribution < -0.4 is 10.6 Å². The van der Waals surface area contributed by atoms with Crippen LogP contribution in [0.1, 0.15) is 19.4 Å². The van der Waals surface area contributed by atoms with Crippen LogP contribution in [0.15, 0.2) is 18.2 Å². The van der Waals surface area contributed by atoms with Gasteiger partial charge in [-0.15, -0.1) is 0 Å². The maximum absolute atomic E-state index is 13.5. The standard InChI is InChI=1S/C17H25F2N3O2/c1-17(2,22-8-10-24-11-9-22)12-21-16(23)20-7-6-13-4-3-5-14(18)15(13)19/h3-5H,6-12H2,1-2H3,(H2,20,21,23). The number of rotatable bonds is 6. The van der Waals surface area contributed by atoms with Gasteiger partial charge in [0.1, 0.15) is 0 Å². The molecule has 1 saturated heterocycles.